The van der Waals surface area contributed by atoms with Crippen LogP contribution in [-0.4, -0.2) is 29.6 Å². The summed E-state index contributed by atoms with van der Waals surface area (Å²) in [6.45, 7) is 7.37. The highest BCUT2D eigenvalue weighted by atomic mass is 16.3. The molecule has 1 aliphatic heterocycles. The molecule has 1 aromatic rings. The second-order valence-corrected chi connectivity index (χ2v) is 6.50. The van der Waals surface area contributed by atoms with Crippen LogP contribution in [0.2, 0.25) is 0 Å². The lowest BCUT2D eigenvalue weighted by Gasteiger charge is -2.34. The quantitative estimate of drug-likeness (QED) is 0.898. The van der Waals surface area contributed by atoms with Gasteiger partial charge in [-0.15, -0.1) is 0 Å². The Morgan fingerprint density at radius 2 is 1.89 bits per heavy atom. The van der Waals surface area contributed by atoms with Crippen molar-refractivity contribution in [3.05, 3.63) is 34.9 Å². The van der Waals surface area contributed by atoms with E-state index in [0.717, 1.165) is 19.6 Å². The summed E-state index contributed by atoms with van der Waals surface area (Å²) in [5.41, 5.74) is 3.03. The fraction of sp³-hybridized carbons (Fsp3) is 0.647. The van der Waals surface area contributed by atoms with Crippen molar-refractivity contribution >= 4 is 0 Å². The van der Waals surface area contributed by atoms with Crippen LogP contribution in [0.25, 0.3) is 0 Å². The lowest BCUT2D eigenvalue weighted by molar-refractivity contribution is -0.0164. The minimum absolute atomic E-state index is 0.466. The lowest BCUT2D eigenvalue weighted by Crippen LogP contribution is -2.42. The molecule has 1 saturated heterocycles. The van der Waals surface area contributed by atoms with Gasteiger partial charge in [0, 0.05) is 6.54 Å². The molecule has 19 heavy (non-hydrogen) atoms. The Bertz CT molecular complexity index is 460. The molecule has 0 amide bonds. The Hall–Kier alpha value is -0.860. The van der Waals surface area contributed by atoms with Crippen molar-refractivity contribution < 1.29 is 5.11 Å². The average molecular weight is 259 g/mol. The number of nitrogens with zero attached hydrogens (tertiary/aromatic N) is 1. The van der Waals surface area contributed by atoms with Gasteiger partial charge in [-0.1, -0.05) is 23.8 Å². The van der Waals surface area contributed by atoms with Crippen molar-refractivity contribution in [3.8, 4) is 0 Å². The fourth-order valence-corrected chi connectivity index (χ4v) is 3.48. The molecular formula is C17H25NO. The molecule has 1 unspecified atom stereocenters. The first-order valence-electron chi connectivity index (χ1n) is 7.62. The molecule has 1 heterocycles. The number of likely N-dealkylation sites (tertiary alicyclic amines) is 1. The van der Waals surface area contributed by atoms with Crippen LogP contribution >= 0.6 is 0 Å². The third-order valence-electron chi connectivity index (χ3n) is 4.78. The topological polar surface area (TPSA) is 23.5 Å². The van der Waals surface area contributed by atoms with E-state index in [4.69, 9.17) is 0 Å². The normalized spacial score (nSPS) is 23.5. The summed E-state index contributed by atoms with van der Waals surface area (Å²) < 4.78 is 0. The van der Waals surface area contributed by atoms with Crippen LogP contribution in [-0.2, 0) is 5.60 Å². The van der Waals surface area contributed by atoms with E-state index >= 15 is 0 Å². The molecule has 1 atom stereocenters. The first kappa shape index (κ1) is 13.1. The summed E-state index contributed by atoms with van der Waals surface area (Å²) in [4.78, 5) is 2.44. The molecule has 1 saturated carbocycles. The van der Waals surface area contributed by atoms with Crippen molar-refractivity contribution in [2.45, 2.75) is 45.1 Å². The monoisotopic (exact) mass is 259 g/mol. The molecule has 3 rings (SSSR count). The van der Waals surface area contributed by atoms with Crippen molar-refractivity contribution in [2.24, 2.45) is 5.92 Å². The van der Waals surface area contributed by atoms with E-state index in [1.165, 1.54) is 42.4 Å². The highest BCUT2D eigenvalue weighted by Gasteiger charge is 2.46. The van der Waals surface area contributed by atoms with Crippen LogP contribution in [0.5, 0.6) is 0 Å². The van der Waals surface area contributed by atoms with Gasteiger partial charge in [-0.25, -0.2) is 0 Å². The zero-order valence-electron chi connectivity index (χ0n) is 12.2. The summed E-state index contributed by atoms with van der Waals surface area (Å²) in [6, 6.07) is 6.49. The first-order valence-corrected chi connectivity index (χ1v) is 7.62. The average Bonchev–Trinajstić information content (AvgIpc) is 3.13. The predicted molar refractivity (Wildman–Crippen MR) is 78.2 cm³/mol. The third kappa shape index (κ3) is 2.56. The highest BCUT2D eigenvalue weighted by Crippen LogP contribution is 2.47. The molecule has 2 nitrogen and oxygen atoms in total. The second kappa shape index (κ2) is 4.92. The van der Waals surface area contributed by atoms with Crippen LogP contribution in [0.4, 0.5) is 0 Å². The minimum Gasteiger partial charge on any atom is -0.384 e. The van der Waals surface area contributed by atoms with E-state index in [-0.39, 0.29) is 0 Å². The maximum Gasteiger partial charge on any atom is 0.105 e. The summed E-state index contributed by atoms with van der Waals surface area (Å²) in [5.74, 6) is 0.466. The van der Waals surface area contributed by atoms with Crippen LogP contribution in [0.1, 0.15) is 42.4 Å². The Morgan fingerprint density at radius 1 is 1.21 bits per heavy atom. The molecule has 1 aromatic carbocycles. The van der Waals surface area contributed by atoms with E-state index in [9.17, 15) is 5.11 Å². The molecule has 0 spiro atoms. The van der Waals surface area contributed by atoms with Gasteiger partial charge in [-0.3, -0.25) is 0 Å². The van der Waals surface area contributed by atoms with Gasteiger partial charge in [-0.2, -0.15) is 0 Å². The Labute approximate surface area is 116 Å². The standard InChI is InChI=1S/C17H25NO/c1-13-5-6-14(2)16(11-13)17(19,15-7-8-15)12-18-9-3-4-10-18/h5-6,11,15,19H,3-4,7-10,12H2,1-2H3. The van der Waals surface area contributed by atoms with Gasteiger partial charge in [0.25, 0.3) is 0 Å². The van der Waals surface area contributed by atoms with Gasteiger partial charge in [0.1, 0.15) is 5.60 Å². The molecular weight excluding hydrogens is 234 g/mol. The lowest BCUT2D eigenvalue weighted by atomic mass is 9.84. The van der Waals surface area contributed by atoms with E-state index in [0.29, 0.717) is 5.92 Å². The number of hydrogen-bond acceptors (Lipinski definition) is 2. The molecule has 0 radical (unpaired) electrons. The van der Waals surface area contributed by atoms with Crippen LogP contribution in [0.15, 0.2) is 18.2 Å². The largest absolute Gasteiger partial charge is 0.384 e. The van der Waals surface area contributed by atoms with E-state index < -0.39 is 5.60 Å². The van der Waals surface area contributed by atoms with Crippen LogP contribution < -0.4 is 0 Å². The van der Waals surface area contributed by atoms with Gasteiger partial charge >= 0.3 is 0 Å². The molecule has 1 N–H and O–H groups in total. The SMILES string of the molecule is Cc1ccc(C)c(C(O)(CN2CCCC2)C2CC2)c1. The molecule has 104 valence electrons. The molecule has 1 aliphatic carbocycles. The Morgan fingerprint density at radius 3 is 2.53 bits per heavy atom. The summed E-state index contributed by atoms with van der Waals surface area (Å²) in [5, 5.41) is 11.3. The van der Waals surface area contributed by atoms with Crippen molar-refractivity contribution in [2.75, 3.05) is 19.6 Å². The Kier molecular flexibility index (Phi) is 3.40. The maximum atomic E-state index is 11.3. The minimum atomic E-state index is -0.625. The van der Waals surface area contributed by atoms with Crippen molar-refractivity contribution in [1.82, 2.24) is 4.90 Å². The summed E-state index contributed by atoms with van der Waals surface area (Å²) >= 11 is 0. The number of hydrogen-bond donors (Lipinski definition) is 1. The zero-order chi connectivity index (χ0) is 13.5. The van der Waals surface area contributed by atoms with Gasteiger partial charge in [0.15, 0.2) is 0 Å². The molecule has 0 bridgehead atoms. The summed E-state index contributed by atoms with van der Waals surface area (Å²) in [7, 11) is 0. The number of rotatable bonds is 4. The maximum absolute atomic E-state index is 11.3. The number of aliphatic hydroxyl groups is 1. The predicted octanol–water partition coefficient (Wildman–Crippen LogP) is 3.00. The van der Waals surface area contributed by atoms with Crippen molar-refractivity contribution in [1.29, 1.82) is 0 Å². The fourth-order valence-electron chi connectivity index (χ4n) is 3.48. The molecule has 2 aliphatic rings. The van der Waals surface area contributed by atoms with Crippen molar-refractivity contribution in [3.63, 3.8) is 0 Å². The third-order valence-corrected chi connectivity index (χ3v) is 4.78. The second-order valence-electron chi connectivity index (χ2n) is 6.50. The highest BCUT2D eigenvalue weighted by molar-refractivity contribution is 5.37. The number of aryl methyl sites for hydroxylation is 2. The van der Waals surface area contributed by atoms with Crippen LogP contribution in [0.3, 0.4) is 0 Å². The number of β-amino-alcohol motifs (C(OH)–C–C–N with tert-alkyl or cyclic N) is 1. The molecule has 2 heteroatoms. The van der Waals surface area contributed by atoms with E-state index in [1.54, 1.807) is 0 Å². The van der Waals surface area contributed by atoms with Gasteiger partial charge in [0.05, 0.1) is 0 Å². The smallest absolute Gasteiger partial charge is 0.105 e. The van der Waals surface area contributed by atoms with Crippen LogP contribution in [0, 0.1) is 19.8 Å². The molecule has 0 aromatic heterocycles. The zero-order valence-corrected chi connectivity index (χ0v) is 12.2. The van der Waals surface area contributed by atoms with E-state index in [1.807, 2.05) is 0 Å². The first-order chi connectivity index (χ1) is 9.09. The van der Waals surface area contributed by atoms with Gasteiger partial charge in [-0.05, 0) is 69.7 Å². The summed E-state index contributed by atoms with van der Waals surface area (Å²) in [6.07, 6.45) is 4.93. The van der Waals surface area contributed by atoms with E-state index in [2.05, 4.69) is 36.9 Å². The van der Waals surface area contributed by atoms with Gasteiger partial charge in [0.2, 0.25) is 0 Å². The Balaban J connectivity index is 1.92. The van der Waals surface area contributed by atoms with Gasteiger partial charge < -0.3 is 10.0 Å². The molecule has 2 fully saturated rings. The number of benzene rings is 1.